The zero-order chi connectivity index (χ0) is 16.4. The van der Waals surface area contributed by atoms with Gasteiger partial charge in [-0.1, -0.05) is 12.1 Å². The van der Waals surface area contributed by atoms with E-state index in [9.17, 15) is 4.79 Å². The molecule has 0 atom stereocenters. The number of carbonyl (C=O) groups excluding carboxylic acids is 1. The summed E-state index contributed by atoms with van der Waals surface area (Å²) in [6.45, 7) is 2.14. The first kappa shape index (κ1) is 15.5. The van der Waals surface area contributed by atoms with Gasteiger partial charge in [0.15, 0.2) is 0 Å². The summed E-state index contributed by atoms with van der Waals surface area (Å²) in [5.74, 6) is 3.43. The van der Waals surface area contributed by atoms with E-state index in [1.54, 1.807) is 0 Å². The van der Waals surface area contributed by atoms with Crippen LogP contribution in [0.5, 0.6) is 0 Å². The van der Waals surface area contributed by atoms with Crippen LogP contribution in [0.25, 0.3) is 11.1 Å². The largest absolute Gasteiger partial charge is 0.355 e. The number of hydrogen-bond donors (Lipinski definition) is 1. The highest BCUT2D eigenvalue weighted by Gasteiger charge is 2.23. The van der Waals surface area contributed by atoms with Crippen LogP contribution < -0.4 is 10.2 Å². The van der Waals surface area contributed by atoms with Crippen LogP contribution >= 0.6 is 11.8 Å². The molecule has 2 aliphatic rings. The van der Waals surface area contributed by atoms with E-state index in [1.165, 1.54) is 11.5 Å². The fraction of sp³-hybridized carbons (Fsp3) is 0.368. The number of carbonyl (C=O) groups is 1. The number of rotatable bonds is 4. The van der Waals surface area contributed by atoms with Crippen molar-refractivity contribution in [1.29, 1.82) is 0 Å². The van der Waals surface area contributed by atoms with E-state index >= 15 is 0 Å². The number of aromatic nitrogens is 1. The molecule has 1 aliphatic heterocycles. The number of nitrogens with zero attached hydrogens (tertiary/aromatic N) is 2. The SMILES string of the molecule is O=C(NC1CC1)c1ccc(-c2ccc(N3CCSCC3)nc2)cc1. The second-order valence-electron chi connectivity index (χ2n) is 6.33. The van der Waals surface area contributed by atoms with Crippen molar-refractivity contribution in [3.8, 4) is 11.1 Å². The van der Waals surface area contributed by atoms with Gasteiger partial charge >= 0.3 is 0 Å². The van der Waals surface area contributed by atoms with Crippen LogP contribution in [0.2, 0.25) is 0 Å². The molecule has 2 heterocycles. The standard InChI is InChI=1S/C19H21N3OS/c23-19(21-17-6-7-17)15-3-1-14(2-4-15)16-5-8-18(20-13-16)22-9-11-24-12-10-22/h1-5,8,13,17H,6-7,9-12H2,(H,21,23). The first-order valence-corrected chi connectivity index (χ1v) is 9.65. The minimum Gasteiger partial charge on any atom is -0.355 e. The lowest BCUT2D eigenvalue weighted by Gasteiger charge is -2.27. The predicted molar refractivity (Wildman–Crippen MR) is 99.7 cm³/mol. The van der Waals surface area contributed by atoms with E-state index in [0.717, 1.165) is 48.4 Å². The third kappa shape index (κ3) is 3.56. The molecule has 0 spiro atoms. The second kappa shape index (κ2) is 6.85. The molecule has 1 aromatic carbocycles. The van der Waals surface area contributed by atoms with Gasteiger partial charge in [0.1, 0.15) is 5.82 Å². The monoisotopic (exact) mass is 339 g/mol. The van der Waals surface area contributed by atoms with Gasteiger partial charge < -0.3 is 10.2 Å². The molecule has 24 heavy (non-hydrogen) atoms. The molecule has 2 aromatic rings. The highest BCUT2D eigenvalue weighted by Crippen LogP contribution is 2.24. The lowest BCUT2D eigenvalue weighted by molar-refractivity contribution is 0.0951. The summed E-state index contributed by atoms with van der Waals surface area (Å²) in [7, 11) is 0. The molecule has 1 amide bonds. The van der Waals surface area contributed by atoms with E-state index in [2.05, 4.69) is 27.3 Å². The number of anilines is 1. The summed E-state index contributed by atoms with van der Waals surface area (Å²) in [6.07, 6.45) is 4.14. The van der Waals surface area contributed by atoms with Crippen LogP contribution in [0.4, 0.5) is 5.82 Å². The van der Waals surface area contributed by atoms with Gasteiger partial charge in [-0.2, -0.15) is 11.8 Å². The third-order valence-corrected chi connectivity index (χ3v) is 5.42. The van der Waals surface area contributed by atoms with Crippen molar-refractivity contribution in [2.45, 2.75) is 18.9 Å². The highest BCUT2D eigenvalue weighted by atomic mass is 32.2. The molecule has 124 valence electrons. The summed E-state index contributed by atoms with van der Waals surface area (Å²) in [5.41, 5.74) is 2.89. The zero-order valence-electron chi connectivity index (χ0n) is 13.6. The minimum atomic E-state index is 0.0282. The Morgan fingerprint density at radius 2 is 1.75 bits per heavy atom. The Morgan fingerprint density at radius 3 is 2.38 bits per heavy atom. The molecule has 1 saturated heterocycles. The van der Waals surface area contributed by atoms with Crippen molar-refractivity contribution in [2.24, 2.45) is 0 Å². The Kier molecular flexibility index (Phi) is 4.43. The van der Waals surface area contributed by atoms with Crippen LogP contribution in [-0.2, 0) is 0 Å². The Morgan fingerprint density at radius 1 is 1.04 bits per heavy atom. The second-order valence-corrected chi connectivity index (χ2v) is 7.55. The van der Waals surface area contributed by atoms with Crippen molar-refractivity contribution in [2.75, 3.05) is 29.5 Å². The minimum absolute atomic E-state index is 0.0282. The summed E-state index contributed by atoms with van der Waals surface area (Å²) < 4.78 is 0. The fourth-order valence-corrected chi connectivity index (χ4v) is 3.75. The Bertz CT molecular complexity index is 704. The van der Waals surface area contributed by atoms with E-state index in [-0.39, 0.29) is 5.91 Å². The van der Waals surface area contributed by atoms with Gasteiger partial charge in [-0.25, -0.2) is 4.98 Å². The average molecular weight is 339 g/mol. The molecule has 0 bridgehead atoms. The van der Waals surface area contributed by atoms with Gasteiger partial charge in [0.05, 0.1) is 0 Å². The summed E-state index contributed by atoms with van der Waals surface area (Å²) in [5, 5.41) is 3.01. The number of nitrogens with one attached hydrogen (secondary N) is 1. The van der Waals surface area contributed by atoms with Crippen molar-refractivity contribution in [1.82, 2.24) is 10.3 Å². The maximum Gasteiger partial charge on any atom is 0.251 e. The number of benzene rings is 1. The Balaban J connectivity index is 1.45. The molecule has 1 N–H and O–H groups in total. The summed E-state index contributed by atoms with van der Waals surface area (Å²) in [6, 6.07) is 12.4. The van der Waals surface area contributed by atoms with E-state index in [0.29, 0.717) is 6.04 Å². The highest BCUT2D eigenvalue weighted by molar-refractivity contribution is 7.99. The Labute approximate surface area is 146 Å². The molecular formula is C19H21N3OS. The average Bonchev–Trinajstić information content (AvgIpc) is 3.47. The van der Waals surface area contributed by atoms with Gasteiger partial charge in [0, 0.05) is 48.0 Å². The number of amides is 1. The quantitative estimate of drug-likeness (QED) is 0.929. The Hall–Kier alpha value is -2.01. The summed E-state index contributed by atoms with van der Waals surface area (Å²) >= 11 is 2.00. The molecule has 4 nitrogen and oxygen atoms in total. The maximum atomic E-state index is 12.0. The smallest absolute Gasteiger partial charge is 0.251 e. The van der Waals surface area contributed by atoms with Gasteiger partial charge in [-0.15, -0.1) is 0 Å². The van der Waals surface area contributed by atoms with Crippen LogP contribution in [0, 0.1) is 0 Å². The number of pyridine rings is 1. The van der Waals surface area contributed by atoms with Crippen molar-refractivity contribution in [3.05, 3.63) is 48.2 Å². The molecule has 4 rings (SSSR count). The number of hydrogen-bond acceptors (Lipinski definition) is 4. The van der Waals surface area contributed by atoms with Crippen molar-refractivity contribution >= 4 is 23.5 Å². The molecule has 1 aliphatic carbocycles. The van der Waals surface area contributed by atoms with E-state index in [4.69, 9.17) is 0 Å². The van der Waals surface area contributed by atoms with Gasteiger partial charge in [-0.3, -0.25) is 4.79 Å². The lowest BCUT2D eigenvalue weighted by Crippen LogP contribution is -2.32. The molecular weight excluding hydrogens is 318 g/mol. The maximum absolute atomic E-state index is 12.0. The van der Waals surface area contributed by atoms with Crippen LogP contribution in [0.3, 0.4) is 0 Å². The fourth-order valence-electron chi connectivity index (χ4n) is 2.85. The van der Waals surface area contributed by atoms with Gasteiger partial charge in [0.2, 0.25) is 0 Å². The molecule has 2 fully saturated rings. The first-order valence-electron chi connectivity index (χ1n) is 8.50. The van der Waals surface area contributed by atoms with Crippen LogP contribution in [-0.4, -0.2) is 41.5 Å². The topological polar surface area (TPSA) is 45.2 Å². The third-order valence-electron chi connectivity index (χ3n) is 4.48. The molecule has 1 aromatic heterocycles. The van der Waals surface area contributed by atoms with Crippen molar-refractivity contribution < 1.29 is 4.79 Å². The zero-order valence-corrected chi connectivity index (χ0v) is 14.4. The molecule has 5 heteroatoms. The van der Waals surface area contributed by atoms with E-state index < -0.39 is 0 Å². The first-order chi connectivity index (χ1) is 11.8. The van der Waals surface area contributed by atoms with Gasteiger partial charge in [-0.05, 0) is 42.7 Å². The number of thioether (sulfide) groups is 1. The van der Waals surface area contributed by atoms with Gasteiger partial charge in [0.25, 0.3) is 5.91 Å². The molecule has 0 unspecified atom stereocenters. The molecule has 0 radical (unpaired) electrons. The van der Waals surface area contributed by atoms with Crippen LogP contribution in [0.1, 0.15) is 23.2 Å². The normalized spacial score (nSPS) is 17.6. The molecule has 1 saturated carbocycles. The van der Waals surface area contributed by atoms with Crippen molar-refractivity contribution in [3.63, 3.8) is 0 Å². The van der Waals surface area contributed by atoms with E-state index in [1.807, 2.05) is 42.2 Å². The van der Waals surface area contributed by atoms with Crippen LogP contribution in [0.15, 0.2) is 42.6 Å². The predicted octanol–water partition coefficient (Wildman–Crippen LogP) is 3.19. The lowest BCUT2D eigenvalue weighted by atomic mass is 10.1. The summed E-state index contributed by atoms with van der Waals surface area (Å²) in [4.78, 5) is 19.0.